The molecule has 0 bridgehead atoms. The summed E-state index contributed by atoms with van der Waals surface area (Å²) in [6.45, 7) is 2.29. The van der Waals surface area contributed by atoms with Gasteiger partial charge in [0.15, 0.2) is 11.6 Å². The number of hydrogen-bond acceptors (Lipinski definition) is 3. The van der Waals surface area contributed by atoms with Crippen LogP contribution in [0.3, 0.4) is 0 Å². The van der Waals surface area contributed by atoms with E-state index < -0.39 is 5.82 Å². The molecule has 2 aromatic carbocycles. The molecule has 0 unspecified atom stereocenters. The fraction of sp³-hybridized carbons (Fsp3) is 0.235. The number of carbonyl (C=O) groups excluding carboxylic acids is 1. The molecule has 2 rings (SSSR count). The first kappa shape index (κ1) is 15.8. The zero-order valence-electron chi connectivity index (χ0n) is 12.5. The van der Waals surface area contributed by atoms with Crippen molar-refractivity contribution >= 4 is 5.91 Å². The predicted molar refractivity (Wildman–Crippen MR) is 81.7 cm³/mol. The van der Waals surface area contributed by atoms with E-state index in [0.29, 0.717) is 0 Å². The Balaban J connectivity index is 1.94. The number of aryl methyl sites for hydroxylation is 1. The van der Waals surface area contributed by atoms with Crippen molar-refractivity contribution in [2.24, 2.45) is 0 Å². The molecule has 0 aromatic heterocycles. The largest absolute Gasteiger partial charge is 0.507 e. The molecule has 0 radical (unpaired) electrons. The molecule has 0 aliphatic carbocycles. The molecule has 0 aliphatic rings. The van der Waals surface area contributed by atoms with Gasteiger partial charge in [-0.25, -0.2) is 4.39 Å². The van der Waals surface area contributed by atoms with Crippen LogP contribution < -0.4 is 4.74 Å². The highest BCUT2D eigenvalue weighted by molar-refractivity contribution is 5.96. The lowest BCUT2D eigenvalue weighted by atomic mass is 10.1. The van der Waals surface area contributed by atoms with E-state index in [1.807, 2.05) is 6.92 Å². The van der Waals surface area contributed by atoms with Crippen molar-refractivity contribution in [3.8, 4) is 11.5 Å². The summed E-state index contributed by atoms with van der Waals surface area (Å²) < 4.78 is 18.7. The summed E-state index contributed by atoms with van der Waals surface area (Å²) in [7, 11) is 1.61. The smallest absolute Gasteiger partial charge is 0.257 e. The number of hydrogen-bond donors (Lipinski definition) is 1. The maximum absolute atomic E-state index is 13.4. The molecule has 0 saturated carbocycles. The van der Waals surface area contributed by atoms with Gasteiger partial charge in [-0.15, -0.1) is 0 Å². The van der Waals surface area contributed by atoms with Crippen LogP contribution >= 0.6 is 0 Å². The molecule has 0 spiro atoms. The van der Waals surface area contributed by atoms with Crippen LogP contribution in [0.1, 0.15) is 15.9 Å². The van der Waals surface area contributed by atoms with Crippen molar-refractivity contribution in [3.63, 3.8) is 0 Å². The summed E-state index contributed by atoms with van der Waals surface area (Å²) in [5.41, 5.74) is 1.13. The number of likely N-dealkylation sites (N-methyl/N-ethyl adjacent to an activating group) is 1. The SMILES string of the molecule is Cc1ccc(O)c(C(=O)N(C)CCOc2ccccc2F)c1. The number of benzene rings is 2. The van der Waals surface area contributed by atoms with E-state index in [9.17, 15) is 14.3 Å². The van der Waals surface area contributed by atoms with Gasteiger partial charge in [-0.2, -0.15) is 0 Å². The third-order valence-corrected chi connectivity index (χ3v) is 3.25. The van der Waals surface area contributed by atoms with Crippen molar-refractivity contribution < 1.29 is 19.0 Å². The molecule has 116 valence electrons. The van der Waals surface area contributed by atoms with Gasteiger partial charge < -0.3 is 14.7 Å². The van der Waals surface area contributed by atoms with Crippen LogP contribution in [0.25, 0.3) is 0 Å². The number of rotatable bonds is 5. The maximum Gasteiger partial charge on any atom is 0.257 e. The van der Waals surface area contributed by atoms with Gasteiger partial charge in [-0.3, -0.25) is 4.79 Å². The highest BCUT2D eigenvalue weighted by Crippen LogP contribution is 2.20. The lowest BCUT2D eigenvalue weighted by molar-refractivity contribution is 0.0770. The van der Waals surface area contributed by atoms with Gasteiger partial charge in [0.2, 0.25) is 0 Å². The average Bonchev–Trinajstić information content (AvgIpc) is 2.50. The monoisotopic (exact) mass is 303 g/mol. The summed E-state index contributed by atoms with van der Waals surface area (Å²) in [5, 5.41) is 9.77. The van der Waals surface area contributed by atoms with Crippen LogP contribution in [0.4, 0.5) is 4.39 Å². The number of carbonyl (C=O) groups is 1. The topological polar surface area (TPSA) is 49.8 Å². The Morgan fingerprint density at radius 2 is 2.00 bits per heavy atom. The Bertz CT molecular complexity index is 673. The van der Waals surface area contributed by atoms with Crippen LogP contribution in [-0.4, -0.2) is 36.1 Å². The molecular formula is C17H18FNO3. The summed E-state index contributed by atoms with van der Waals surface area (Å²) >= 11 is 0. The number of aromatic hydroxyl groups is 1. The van der Waals surface area contributed by atoms with Gasteiger partial charge in [-0.05, 0) is 31.2 Å². The maximum atomic E-state index is 13.4. The number of phenols is 1. The van der Waals surface area contributed by atoms with Gasteiger partial charge in [0.05, 0.1) is 12.1 Å². The molecule has 4 nitrogen and oxygen atoms in total. The third-order valence-electron chi connectivity index (χ3n) is 3.25. The molecule has 0 atom stereocenters. The Hall–Kier alpha value is -2.56. The molecule has 5 heteroatoms. The zero-order chi connectivity index (χ0) is 16.1. The fourth-order valence-electron chi connectivity index (χ4n) is 1.98. The second-order valence-electron chi connectivity index (χ2n) is 5.03. The van der Waals surface area contributed by atoms with E-state index in [1.54, 1.807) is 31.3 Å². The first-order valence-corrected chi connectivity index (χ1v) is 6.91. The first-order chi connectivity index (χ1) is 10.5. The molecule has 1 N–H and O–H groups in total. The number of nitrogens with zero attached hydrogens (tertiary/aromatic N) is 1. The van der Waals surface area contributed by atoms with Crippen molar-refractivity contribution in [2.45, 2.75) is 6.92 Å². The average molecular weight is 303 g/mol. The number of ether oxygens (including phenoxy) is 1. The van der Waals surface area contributed by atoms with E-state index >= 15 is 0 Å². The second kappa shape index (κ2) is 6.93. The minimum atomic E-state index is -0.437. The van der Waals surface area contributed by atoms with Gasteiger partial charge in [0, 0.05) is 7.05 Å². The minimum Gasteiger partial charge on any atom is -0.507 e. The standard InChI is InChI=1S/C17H18FNO3/c1-12-7-8-15(20)13(11-12)17(21)19(2)9-10-22-16-6-4-3-5-14(16)18/h3-8,11,20H,9-10H2,1-2H3. The van der Waals surface area contributed by atoms with Crippen molar-refractivity contribution in [1.29, 1.82) is 0 Å². The summed E-state index contributed by atoms with van der Waals surface area (Å²) in [5.74, 6) is -0.648. The summed E-state index contributed by atoms with van der Waals surface area (Å²) in [6.07, 6.45) is 0. The highest BCUT2D eigenvalue weighted by atomic mass is 19.1. The van der Waals surface area contributed by atoms with Crippen LogP contribution in [0.15, 0.2) is 42.5 Å². The zero-order valence-corrected chi connectivity index (χ0v) is 12.5. The molecule has 1 amide bonds. The Kier molecular flexibility index (Phi) is 4.99. The fourth-order valence-corrected chi connectivity index (χ4v) is 1.98. The molecule has 0 fully saturated rings. The van der Waals surface area contributed by atoms with Gasteiger partial charge in [-0.1, -0.05) is 23.8 Å². The minimum absolute atomic E-state index is 0.0579. The van der Waals surface area contributed by atoms with Gasteiger partial charge in [0.1, 0.15) is 12.4 Å². The molecule has 22 heavy (non-hydrogen) atoms. The Morgan fingerprint density at radius 3 is 2.73 bits per heavy atom. The lowest BCUT2D eigenvalue weighted by Gasteiger charge is -2.18. The molecule has 0 aliphatic heterocycles. The lowest BCUT2D eigenvalue weighted by Crippen LogP contribution is -2.31. The number of phenolic OH excluding ortho intramolecular Hbond substituents is 1. The number of para-hydroxylation sites is 1. The van der Waals surface area contributed by atoms with E-state index in [0.717, 1.165) is 5.56 Å². The van der Waals surface area contributed by atoms with Crippen molar-refractivity contribution in [1.82, 2.24) is 4.90 Å². The van der Waals surface area contributed by atoms with E-state index in [-0.39, 0.29) is 36.1 Å². The number of amides is 1. The number of halogens is 1. The normalized spacial score (nSPS) is 10.3. The molecule has 2 aromatic rings. The quantitative estimate of drug-likeness (QED) is 0.924. The van der Waals surface area contributed by atoms with E-state index in [4.69, 9.17) is 4.74 Å². The van der Waals surface area contributed by atoms with Gasteiger partial charge in [0.25, 0.3) is 5.91 Å². The Morgan fingerprint density at radius 1 is 1.27 bits per heavy atom. The Labute approximate surface area is 128 Å². The second-order valence-corrected chi connectivity index (χ2v) is 5.03. The van der Waals surface area contributed by atoms with E-state index in [1.165, 1.54) is 23.1 Å². The summed E-state index contributed by atoms with van der Waals surface area (Å²) in [6, 6.07) is 11.0. The summed E-state index contributed by atoms with van der Waals surface area (Å²) in [4.78, 5) is 13.7. The third kappa shape index (κ3) is 3.75. The highest BCUT2D eigenvalue weighted by Gasteiger charge is 2.16. The van der Waals surface area contributed by atoms with Crippen LogP contribution in [-0.2, 0) is 0 Å². The van der Waals surface area contributed by atoms with Crippen LogP contribution in [0, 0.1) is 12.7 Å². The molecule has 0 heterocycles. The predicted octanol–water partition coefficient (Wildman–Crippen LogP) is 2.99. The first-order valence-electron chi connectivity index (χ1n) is 6.91. The molecule has 0 saturated heterocycles. The van der Waals surface area contributed by atoms with Gasteiger partial charge >= 0.3 is 0 Å². The molecular weight excluding hydrogens is 285 g/mol. The van der Waals surface area contributed by atoms with Crippen molar-refractivity contribution in [2.75, 3.05) is 20.2 Å². The van der Waals surface area contributed by atoms with Crippen molar-refractivity contribution in [3.05, 3.63) is 59.4 Å². The van der Waals surface area contributed by atoms with E-state index in [2.05, 4.69) is 0 Å². The van der Waals surface area contributed by atoms with Crippen LogP contribution in [0.2, 0.25) is 0 Å². The van der Waals surface area contributed by atoms with Crippen LogP contribution in [0.5, 0.6) is 11.5 Å².